The predicted molar refractivity (Wildman–Crippen MR) is 99.7 cm³/mol. The van der Waals surface area contributed by atoms with Gasteiger partial charge in [-0.15, -0.1) is 11.8 Å². The number of nitrogens with zero attached hydrogens (tertiary/aromatic N) is 3. The molecule has 1 aromatic heterocycles. The van der Waals surface area contributed by atoms with Crippen LogP contribution in [0, 0.1) is 6.92 Å². The molecule has 0 spiro atoms. The normalized spacial score (nSPS) is 23.8. The maximum atomic E-state index is 5.81. The second-order valence-electron chi connectivity index (χ2n) is 7.27. The van der Waals surface area contributed by atoms with Gasteiger partial charge in [-0.05, 0) is 38.9 Å². The molecule has 1 aliphatic heterocycles. The molecule has 1 saturated heterocycles. The van der Waals surface area contributed by atoms with Crippen molar-refractivity contribution in [3.63, 3.8) is 0 Å². The van der Waals surface area contributed by atoms with Crippen molar-refractivity contribution in [3.05, 3.63) is 41.5 Å². The number of hydrogen-bond acceptors (Lipinski definition) is 6. The van der Waals surface area contributed by atoms with Crippen molar-refractivity contribution in [2.45, 2.75) is 48.3 Å². The highest BCUT2D eigenvalue weighted by Gasteiger charge is 2.42. The molecule has 1 unspecified atom stereocenters. The van der Waals surface area contributed by atoms with Gasteiger partial charge in [0.1, 0.15) is 0 Å². The lowest BCUT2D eigenvalue weighted by Gasteiger charge is -2.30. The van der Waals surface area contributed by atoms with Crippen molar-refractivity contribution in [2.75, 3.05) is 26.7 Å². The van der Waals surface area contributed by atoms with E-state index < -0.39 is 0 Å². The molecule has 1 aliphatic carbocycles. The highest BCUT2D eigenvalue weighted by molar-refractivity contribution is 8.00. The van der Waals surface area contributed by atoms with Crippen LogP contribution in [0.2, 0.25) is 0 Å². The van der Waals surface area contributed by atoms with Crippen molar-refractivity contribution < 1.29 is 4.52 Å². The van der Waals surface area contributed by atoms with Gasteiger partial charge in [-0.3, -0.25) is 4.90 Å². The second kappa shape index (κ2) is 7.09. The molecule has 2 aromatic rings. The number of likely N-dealkylation sites (N-methyl/N-ethyl adjacent to an activating group) is 1. The Labute approximate surface area is 153 Å². The van der Waals surface area contributed by atoms with E-state index in [-0.39, 0.29) is 10.8 Å². The molecule has 6 heteroatoms. The molecular formula is C19H26N4OS. The lowest BCUT2D eigenvalue weighted by Crippen LogP contribution is -2.44. The fourth-order valence-corrected chi connectivity index (χ4v) is 5.17. The Morgan fingerprint density at radius 3 is 2.72 bits per heavy atom. The summed E-state index contributed by atoms with van der Waals surface area (Å²) in [6, 6.07) is 8.96. The second-order valence-corrected chi connectivity index (χ2v) is 8.73. The Bertz CT molecular complexity index is 708. The molecule has 0 amide bonds. The van der Waals surface area contributed by atoms with E-state index in [1.54, 1.807) is 0 Å². The Balaban J connectivity index is 1.59. The topological polar surface area (TPSA) is 54.2 Å². The number of hydrogen-bond donors (Lipinski definition) is 1. The molecular weight excluding hydrogens is 332 g/mol. The number of aryl methyl sites for hydroxylation is 1. The summed E-state index contributed by atoms with van der Waals surface area (Å²) in [5.74, 6) is 1.63. The van der Waals surface area contributed by atoms with Gasteiger partial charge in [-0.2, -0.15) is 4.98 Å². The van der Waals surface area contributed by atoms with Gasteiger partial charge in [0.25, 0.3) is 0 Å². The molecule has 134 valence electrons. The highest BCUT2D eigenvalue weighted by atomic mass is 32.2. The summed E-state index contributed by atoms with van der Waals surface area (Å²) in [6.07, 6.45) is 4.65. The van der Waals surface area contributed by atoms with Gasteiger partial charge in [0.2, 0.25) is 5.89 Å². The van der Waals surface area contributed by atoms with Crippen molar-refractivity contribution in [1.82, 2.24) is 20.4 Å². The first-order valence-electron chi connectivity index (χ1n) is 9.17. The Kier molecular flexibility index (Phi) is 4.84. The van der Waals surface area contributed by atoms with Gasteiger partial charge in [0, 0.05) is 24.5 Å². The van der Waals surface area contributed by atoms with Crippen molar-refractivity contribution in [3.8, 4) is 0 Å². The summed E-state index contributed by atoms with van der Waals surface area (Å²) in [5, 5.41) is 7.78. The van der Waals surface area contributed by atoms with E-state index in [9.17, 15) is 0 Å². The van der Waals surface area contributed by atoms with Crippen LogP contribution in [0.25, 0.3) is 0 Å². The number of benzene rings is 1. The van der Waals surface area contributed by atoms with Crippen LogP contribution < -0.4 is 5.32 Å². The third-order valence-corrected chi connectivity index (χ3v) is 6.87. The number of thioether (sulfide) groups is 1. The van der Waals surface area contributed by atoms with Crippen LogP contribution >= 0.6 is 11.8 Å². The first kappa shape index (κ1) is 17.1. The maximum Gasteiger partial charge on any atom is 0.243 e. The lowest BCUT2D eigenvalue weighted by molar-refractivity contribution is 0.190. The average molecular weight is 359 g/mol. The van der Waals surface area contributed by atoms with Crippen LogP contribution in [0.3, 0.4) is 0 Å². The van der Waals surface area contributed by atoms with Gasteiger partial charge in [-0.25, -0.2) is 0 Å². The third kappa shape index (κ3) is 3.48. The molecule has 1 aromatic carbocycles. The number of piperazine rings is 1. The minimum Gasteiger partial charge on any atom is -0.338 e. The number of rotatable bonds is 4. The van der Waals surface area contributed by atoms with Gasteiger partial charge in [0.05, 0.1) is 10.8 Å². The molecule has 2 aliphatic rings. The van der Waals surface area contributed by atoms with Crippen LogP contribution in [0.1, 0.15) is 49.0 Å². The third-order valence-electron chi connectivity index (χ3n) is 5.39. The summed E-state index contributed by atoms with van der Waals surface area (Å²) in [6.45, 7) is 5.04. The minimum absolute atomic E-state index is 0.0683. The average Bonchev–Trinajstić information content (AvgIpc) is 3.28. The van der Waals surface area contributed by atoms with E-state index >= 15 is 0 Å². The molecule has 25 heavy (non-hydrogen) atoms. The molecule has 2 fully saturated rings. The van der Waals surface area contributed by atoms with E-state index in [2.05, 4.69) is 53.6 Å². The Morgan fingerprint density at radius 1 is 1.24 bits per heavy atom. The fraction of sp³-hybridized carbons (Fsp3) is 0.579. The first-order valence-corrected chi connectivity index (χ1v) is 9.99. The molecule has 0 bridgehead atoms. The summed E-state index contributed by atoms with van der Waals surface area (Å²) in [4.78, 5) is 8.46. The molecule has 1 N–H and O–H groups in total. The molecule has 1 saturated carbocycles. The van der Waals surface area contributed by atoms with Crippen LogP contribution in [0.15, 0.2) is 33.7 Å². The largest absolute Gasteiger partial charge is 0.338 e. The fourth-order valence-electron chi connectivity index (χ4n) is 3.79. The van der Waals surface area contributed by atoms with Crippen molar-refractivity contribution >= 4 is 11.8 Å². The van der Waals surface area contributed by atoms with E-state index in [0.29, 0.717) is 0 Å². The Morgan fingerprint density at radius 2 is 2.00 bits per heavy atom. The SMILES string of the molecule is Cc1ccc(SC2(c3nc(C4CNCCN4C)no3)CCCC2)cc1. The standard InChI is InChI=1S/C19H26N4OS/c1-14-5-7-15(8-6-14)25-19(9-3-4-10-19)18-21-17(22-24-18)16-13-20-11-12-23(16)2/h5-8,16,20H,3-4,9-13H2,1-2H3. The minimum atomic E-state index is -0.0683. The maximum absolute atomic E-state index is 5.81. The smallest absolute Gasteiger partial charge is 0.243 e. The Hall–Kier alpha value is -1.37. The molecule has 0 radical (unpaired) electrons. The zero-order chi connectivity index (χ0) is 17.3. The van der Waals surface area contributed by atoms with E-state index in [0.717, 1.165) is 44.2 Å². The quantitative estimate of drug-likeness (QED) is 0.902. The zero-order valence-electron chi connectivity index (χ0n) is 15.0. The van der Waals surface area contributed by atoms with Gasteiger partial charge >= 0.3 is 0 Å². The monoisotopic (exact) mass is 358 g/mol. The van der Waals surface area contributed by atoms with E-state index in [4.69, 9.17) is 9.51 Å². The van der Waals surface area contributed by atoms with Gasteiger partial charge in [-0.1, -0.05) is 35.7 Å². The molecule has 4 rings (SSSR count). The molecule has 5 nitrogen and oxygen atoms in total. The van der Waals surface area contributed by atoms with Crippen LogP contribution in [0.5, 0.6) is 0 Å². The number of nitrogens with one attached hydrogen (secondary N) is 1. The van der Waals surface area contributed by atoms with Crippen LogP contribution in [-0.2, 0) is 4.75 Å². The van der Waals surface area contributed by atoms with Gasteiger partial charge < -0.3 is 9.84 Å². The van der Waals surface area contributed by atoms with Crippen molar-refractivity contribution in [1.29, 1.82) is 0 Å². The lowest BCUT2D eigenvalue weighted by atomic mass is 10.1. The van der Waals surface area contributed by atoms with Crippen molar-refractivity contribution in [2.24, 2.45) is 0 Å². The zero-order valence-corrected chi connectivity index (χ0v) is 15.8. The van der Waals surface area contributed by atoms with E-state index in [1.165, 1.54) is 23.3 Å². The summed E-state index contributed by atoms with van der Waals surface area (Å²) >= 11 is 1.90. The summed E-state index contributed by atoms with van der Waals surface area (Å²) in [7, 11) is 2.13. The molecule has 2 heterocycles. The molecule has 1 atom stereocenters. The first-order chi connectivity index (χ1) is 12.2. The van der Waals surface area contributed by atoms with Crippen LogP contribution in [-0.4, -0.2) is 41.7 Å². The predicted octanol–water partition coefficient (Wildman–Crippen LogP) is 3.52. The summed E-state index contributed by atoms with van der Waals surface area (Å²) in [5.41, 5.74) is 1.29. The number of aromatic nitrogens is 2. The highest BCUT2D eigenvalue weighted by Crippen LogP contribution is 2.52. The summed E-state index contributed by atoms with van der Waals surface area (Å²) < 4.78 is 5.74. The van der Waals surface area contributed by atoms with E-state index in [1.807, 2.05) is 11.8 Å². The van der Waals surface area contributed by atoms with Crippen LogP contribution in [0.4, 0.5) is 0 Å². The van der Waals surface area contributed by atoms with Gasteiger partial charge in [0.15, 0.2) is 5.82 Å².